The average molecular weight is 295 g/mol. The first kappa shape index (κ1) is 13.9. The molecule has 0 aromatic heterocycles. The molecule has 0 bridgehead atoms. The van der Waals surface area contributed by atoms with Crippen molar-refractivity contribution in [2.75, 3.05) is 6.61 Å². The summed E-state index contributed by atoms with van der Waals surface area (Å²) in [6.07, 6.45) is 2.51. The highest BCUT2D eigenvalue weighted by atomic mass is 32.2. The molecule has 1 heterocycles. The Hall–Kier alpha value is -1.53. The largest absolute Gasteiger partial charge is 0.507 e. The molecule has 1 fully saturated rings. The summed E-state index contributed by atoms with van der Waals surface area (Å²) in [5.41, 5.74) is 0.561. The van der Waals surface area contributed by atoms with Gasteiger partial charge in [0.1, 0.15) is 15.8 Å². The number of amides is 1. The van der Waals surface area contributed by atoms with Gasteiger partial charge < -0.3 is 15.2 Å². The van der Waals surface area contributed by atoms with Crippen LogP contribution in [0, 0.1) is 0 Å². The van der Waals surface area contributed by atoms with E-state index in [1.165, 1.54) is 17.8 Å². The first-order chi connectivity index (χ1) is 9.10. The maximum atomic E-state index is 11.5. The summed E-state index contributed by atoms with van der Waals surface area (Å²) >= 11 is 6.08. The van der Waals surface area contributed by atoms with E-state index in [0.29, 0.717) is 27.1 Å². The van der Waals surface area contributed by atoms with Crippen LogP contribution in [0.15, 0.2) is 23.1 Å². The maximum Gasteiger partial charge on any atom is 0.263 e. The van der Waals surface area contributed by atoms with Gasteiger partial charge in [0.2, 0.25) is 0 Å². The van der Waals surface area contributed by atoms with E-state index in [9.17, 15) is 9.90 Å². The van der Waals surface area contributed by atoms with Crippen LogP contribution in [0.1, 0.15) is 18.9 Å². The fraction of sp³-hybridized carbons (Fsp3) is 0.231. The first-order valence-electron chi connectivity index (χ1n) is 5.81. The quantitative estimate of drug-likeness (QED) is 0.660. The molecule has 0 unspecified atom stereocenters. The minimum atomic E-state index is -0.235. The number of aromatic hydroxyl groups is 1. The summed E-state index contributed by atoms with van der Waals surface area (Å²) in [6, 6.07) is 5.01. The molecule has 0 atom stereocenters. The van der Waals surface area contributed by atoms with E-state index >= 15 is 0 Å². The standard InChI is InChI=1S/C13H13NO3S2/c1-2-5-17-9-4-3-8(10(15)7-9)6-11-12(16)14-13(18)19-11/h3-4,6-7,15H,2,5H2,1H3,(H,14,16,18)/b11-6-. The number of hydrogen-bond acceptors (Lipinski definition) is 5. The molecule has 0 saturated carbocycles. The van der Waals surface area contributed by atoms with Crippen molar-refractivity contribution in [1.82, 2.24) is 5.32 Å². The zero-order valence-electron chi connectivity index (χ0n) is 10.3. The van der Waals surface area contributed by atoms with Crippen molar-refractivity contribution in [2.45, 2.75) is 13.3 Å². The minimum absolute atomic E-state index is 0.0762. The van der Waals surface area contributed by atoms with Gasteiger partial charge in [-0.05, 0) is 24.6 Å². The Morgan fingerprint density at radius 3 is 2.89 bits per heavy atom. The van der Waals surface area contributed by atoms with Crippen molar-refractivity contribution < 1.29 is 14.6 Å². The number of rotatable bonds is 4. The Bertz CT molecular complexity index is 555. The van der Waals surface area contributed by atoms with Crippen LogP contribution in [-0.2, 0) is 4.79 Å². The van der Waals surface area contributed by atoms with Crippen molar-refractivity contribution in [1.29, 1.82) is 0 Å². The van der Waals surface area contributed by atoms with Gasteiger partial charge in [0, 0.05) is 11.6 Å². The Balaban J connectivity index is 2.19. The normalized spacial score (nSPS) is 16.8. The van der Waals surface area contributed by atoms with Gasteiger partial charge in [-0.1, -0.05) is 30.9 Å². The van der Waals surface area contributed by atoms with Crippen molar-refractivity contribution in [3.8, 4) is 11.5 Å². The van der Waals surface area contributed by atoms with Gasteiger partial charge >= 0.3 is 0 Å². The van der Waals surface area contributed by atoms with Gasteiger partial charge in [-0.15, -0.1) is 0 Å². The highest BCUT2D eigenvalue weighted by molar-refractivity contribution is 8.26. The molecule has 1 aromatic rings. The molecule has 1 amide bonds. The number of benzene rings is 1. The van der Waals surface area contributed by atoms with Crippen molar-refractivity contribution in [2.24, 2.45) is 0 Å². The summed E-state index contributed by atoms with van der Waals surface area (Å²) in [5.74, 6) is 0.452. The molecule has 6 heteroatoms. The van der Waals surface area contributed by atoms with E-state index in [0.717, 1.165) is 6.42 Å². The number of carbonyl (C=O) groups is 1. The van der Waals surface area contributed by atoms with Crippen LogP contribution < -0.4 is 10.1 Å². The number of phenols is 1. The number of thiocarbonyl (C=S) groups is 1. The lowest BCUT2D eigenvalue weighted by Crippen LogP contribution is -2.17. The Labute approximate surface area is 120 Å². The lowest BCUT2D eigenvalue weighted by atomic mass is 10.1. The second-order valence-electron chi connectivity index (χ2n) is 3.92. The Kier molecular flexibility index (Phi) is 4.44. The summed E-state index contributed by atoms with van der Waals surface area (Å²) in [7, 11) is 0. The van der Waals surface area contributed by atoms with E-state index < -0.39 is 0 Å². The Morgan fingerprint density at radius 2 is 2.32 bits per heavy atom. The molecule has 1 saturated heterocycles. The van der Waals surface area contributed by atoms with Crippen molar-refractivity contribution in [3.05, 3.63) is 28.7 Å². The average Bonchev–Trinajstić information content (AvgIpc) is 2.68. The zero-order chi connectivity index (χ0) is 13.8. The predicted molar refractivity (Wildman–Crippen MR) is 80.2 cm³/mol. The van der Waals surface area contributed by atoms with Crippen LogP contribution in [0.5, 0.6) is 11.5 Å². The molecule has 1 aliphatic rings. The van der Waals surface area contributed by atoms with Gasteiger partial charge in [-0.25, -0.2) is 0 Å². The third-order valence-corrected chi connectivity index (χ3v) is 3.57. The van der Waals surface area contributed by atoms with Gasteiger partial charge in [0.15, 0.2) is 0 Å². The summed E-state index contributed by atoms with van der Waals surface area (Å²) < 4.78 is 5.84. The second-order valence-corrected chi connectivity index (χ2v) is 5.64. The molecule has 0 spiro atoms. The second kappa shape index (κ2) is 6.08. The Morgan fingerprint density at radius 1 is 1.53 bits per heavy atom. The van der Waals surface area contributed by atoms with Crippen LogP contribution in [0.2, 0.25) is 0 Å². The van der Waals surface area contributed by atoms with Crippen molar-refractivity contribution >= 4 is 40.3 Å². The van der Waals surface area contributed by atoms with E-state index in [1.807, 2.05) is 6.92 Å². The molecule has 1 aliphatic heterocycles. The highest BCUT2D eigenvalue weighted by Gasteiger charge is 2.22. The number of hydrogen-bond donors (Lipinski definition) is 2. The van der Waals surface area contributed by atoms with Crippen LogP contribution in [0.3, 0.4) is 0 Å². The van der Waals surface area contributed by atoms with E-state index in [1.54, 1.807) is 18.2 Å². The third kappa shape index (κ3) is 3.48. The van der Waals surface area contributed by atoms with Gasteiger partial charge in [-0.2, -0.15) is 0 Å². The van der Waals surface area contributed by atoms with Gasteiger partial charge in [0.05, 0.1) is 11.5 Å². The van der Waals surface area contributed by atoms with Crippen LogP contribution in [0.25, 0.3) is 6.08 Å². The molecule has 0 radical (unpaired) electrons. The van der Waals surface area contributed by atoms with Gasteiger partial charge in [-0.3, -0.25) is 4.79 Å². The lowest BCUT2D eigenvalue weighted by molar-refractivity contribution is -0.115. The smallest absolute Gasteiger partial charge is 0.263 e. The minimum Gasteiger partial charge on any atom is -0.507 e. The molecule has 100 valence electrons. The number of nitrogens with one attached hydrogen (secondary N) is 1. The molecule has 1 aromatic carbocycles. The fourth-order valence-electron chi connectivity index (χ4n) is 1.52. The number of phenolic OH excluding ortho intramolecular Hbond substituents is 1. The fourth-order valence-corrected chi connectivity index (χ4v) is 2.55. The molecule has 2 N–H and O–H groups in total. The lowest BCUT2D eigenvalue weighted by Gasteiger charge is -2.06. The summed E-state index contributed by atoms with van der Waals surface area (Å²) in [4.78, 5) is 12.0. The van der Waals surface area contributed by atoms with Crippen LogP contribution >= 0.6 is 24.0 Å². The first-order valence-corrected chi connectivity index (χ1v) is 7.03. The topological polar surface area (TPSA) is 58.6 Å². The van der Waals surface area contributed by atoms with E-state index in [-0.39, 0.29) is 11.7 Å². The van der Waals surface area contributed by atoms with Crippen LogP contribution in [0.4, 0.5) is 0 Å². The summed E-state index contributed by atoms with van der Waals surface area (Å²) in [6.45, 7) is 2.61. The van der Waals surface area contributed by atoms with E-state index in [4.69, 9.17) is 17.0 Å². The molecule has 2 rings (SSSR count). The number of ether oxygens (including phenoxy) is 1. The number of carbonyl (C=O) groups excluding carboxylic acids is 1. The predicted octanol–water partition coefficient (Wildman–Crippen LogP) is 2.67. The molecule has 19 heavy (non-hydrogen) atoms. The molecule has 4 nitrogen and oxygen atoms in total. The van der Waals surface area contributed by atoms with Gasteiger partial charge in [0.25, 0.3) is 5.91 Å². The highest BCUT2D eigenvalue weighted by Crippen LogP contribution is 2.30. The monoisotopic (exact) mass is 295 g/mol. The van der Waals surface area contributed by atoms with Crippen molar-refractivity contribution in [3.63, 3.8) is 0 Å². The maximum absolute atomic E-state index is 11.5. The molecule has 0 aliphatic carbocycles. The van der Waals surface area contributed by atoms with Crippen LogP contribution in [-0.4, -0.2) is 21.9 Å². The SMILES string of the molecule is CCCOc1ccc(/C=C2\SC(=S)NC2=O)c(O)c1. The third-order valence-electron chi connectivity index (χ3n) is 2.40. The molecular weight excluding hydrogens is 282 g/mol. The zero-order valence-corrected chi connectivity index (χ0v) is 11.9. The van der Waals surface area contributed by atoms with E-state index in [2.05, 4.69) is 5.32 Å². The molecular formula is C13H13NO3S2. The summed E-state index contributed by atoms with van der Waals surface area (Å²) in [5, 5.41) is 12.4. The number of thioether (sulfide) groups is 1.